The van der Waals surface area contributed by atoms with Gasteiger partial charge in [0.25, 0.3) is 0 Å². The molecule has 3 amide bonds. The Morgan fingerprint density at radius 2 is 1.82 bits per heavy atom. The Kier molecular flexibility index (Phi) is 8.97. The zero-order valence-corrected chi connectivity index (χ0v) is 23.3. The molecule has 0 fully saturated rings. The second-order valence-corrected chi connectivity index (χ2v) is 9.40. The van der Waals surface area contributed by atoms with E-state index in [-0.39, 0.29) is 18.5 Å². The first kappa shape index (κ1) is 28.1. The number of hydrogen-bond acceptors (Lipinski definition) is 8. The van der Waals surface area contributed by atoms with Crippen molar-refractivity contribution >= 4 is 46.6 Å². The van der Waals surface area contributed by atoms with E-state index in [0.29, 0.717) is 40.9 Å². The Hall–Kier alpha value is -4.90. The van der Waals surface area contributed by atoms with Gasteiger partial charge >= 0.3 is 6.03 Å². The first-order valence-electron chi connectivity index (χ1n) is 12.2. The summed E-state index contributed by atoms with van der Waals surface area (Å²) in [5.41, 5.74) is 5.87. The molecule has 0 atom stereocenters. The van der Waals surface area contributed by atoms with E-state index in [9.17, 15) is 9.59 Å². The molecule has 1 aliphatic heterocycles. The Labute approximate surface area is 237 Å². The fraction of sp³-hybridized carbons (Fsp3) is 0.172. The standard InChI is InChI=1S/C29H30N6O4S/c1-6-28(36)33-27-10-8-7-9-26(27)32-20(3)30-14-21-15-35(23-11-24(38-4)13-25(12-23)39-5)29(37)34(19(21)2)16-22-17-40-18-31-22/h6-14,17-18,32H,1,3,15-16H2,2,4-5H3,(H,33,36)/b30-14-. The number of nitrogens with one attached hydrogen (secondary N) is 2. The van der Waals surface area contributed by atoms with Crippen LogP contribution in [-0.2, 0) is 11.3 Å². The van der Waals surface area contributed by atoms with E-state index in [1.807, 2.05) is 24.4 Å². The van der Waals surface area contributed by atoms with Gasteiger partial charge in [-0.05, 0) is 25.1 Å². The second kappa shape index (κ2) is 12.8. The maximum absolute atomic E-state index is 13.7. The van der Waals surface area contributed by atoms with Crippen LogP contribution >= 0.6 is 11.3 Å². The molecule has 10 nitrogen and oxygen atoms in total. The summed E-state index contributed by atoms with van der Waals surface area (Å²) < 4.78 is 10.9. The molecular weight excluding hydrogens is 528 g/mol. The van der Waals surface area contributed by atoms with E-state index in [0.717, 1.165) is 17.0 Å². The minimum Gasteiger partial charge on any atom is -0.497 e. The lowest BCUT2D eigenvalue weighted by Gasteiger charge is -2.37. The Morgan fingerprint density at radius 3 is 2.42 bits per heavy atom. The Balaban J connectivity index is 1.63. The maximum atomic E-state index is 13.7. The fourth-order valence-electron chi connectivity index (χ4n) is 3.99. The van der Waals surface area contributed by atoms with Crippen LogP contribution in [0, 0.1) is 0 Å². The number of aliphatic imine (C=N–C) groups is 1. The monoisotopic (exact) mass is 558 g/mol. The zero-order valence-electron chi connectivity index (χ0n) is 22.5. The van der Waals surface area contributed by atoms with E-state index < -0.39 is 0 Å². The van der Waals surface area contributed by atoms with Gasteiger partial charge in [0.1, 0.15) is 17.3 Å². The van der Waals surface area contributed by atoms with Crippen molar-refractivity contribution in [3.8, 4) is 11.5 Å². The van der Waals surface area contributed by atoms with E-state index >= 15 is 0 Å². The molecule has 1 aliphatic rings. The van der Waals surface area contributed by atoms with Crippen LogP contribution in [0.1, 0.15) is 12.6 Å². The van der Waals surface area contributed by atoms with Crippen LogP contribution in [0.3, 0.4) is 0 Å². The third-order valence-electron chi connectivity index (χ3n) is 6.14. The highest BCUT2D eigenvalue weighted by atomic mass is 32.1. The number of carbonyl (C=O) groups is 2. The summed E-state index contributed by atoms with van der Waals surface area (Å²) in [7, 11) is 3.12. The van der Waals surface area contributed by atoms with Crippen molar-refractivity contribution in [1.29, 1.82) is 0 Å². The average molecular weight is 559 g/mol. The van der Waals surface area contributed by atoms with Crippen LogP contribution in [0.2, 0.25) is 0 Å². The number of ether oxygens (including phenoxy) is 2. The lowest BCUT2D eigenvalue weighted by atomic mass is 10.1. The quantitative estimate of drug-likeness (QED) is 0.232. The van der Waals surface area contributed by atoms with Gasteiger partial charge in [0.2, 0.25) is 5.91 Å². The molecule has 2 aromatic carbocycles. The first-order valence-corrected chi connectivity index (χ1v) is 13.2. The molecule has 0 spiro atoms. The summed E-state index contributed by atoms with van der Waals surface area (Å²) in [6.45, 7) is 9.95. The molecule has 0 radical (unpaired) electrons. The minimum absolute atomic E-state index is 0.207. The third-order valence-corrected chi connectivity index (χ3v) is 6.77. The molecule has 0 bridgehead atoms. The summed E-state index contributed by atoms with van der Waals surface area (Å²) in [4.78, 5) is 37.8. The number of methoxy groups -OCH3 is 2. The molecule has 2 N–H and O–H groups in total. The summed E-state index contributed by atoms with van der Waals surface area (Å²) in [6, 6.07) is 12.3. The van der Waals surface area contributed by atoms with Gasteiger partial charge in [-0.15, -0.1) is 11.3 Å². The summed E-state index contributed by atoms with van der Waals surface area (Å²) >= 11 is 1.47. The van der Waals surface area contributed by atoms with Gasteiger partial charge in [-0.2, -0.15) is 0 Å². The van der Waals surface area contributed by atoms with E-state index in [1.54, 1.807) is 66.1 Å². The molecule has 206 valence electrons. The van der Waals surface area contributed by atoms with Crippen LogP contribution in [0.5, 0.6) is 11.5 Å². The topological polar surface area (TPSA) is 108 Å². The summed E-state index contributed by atoms with van der Waals surface area (Å²) in [5.74, 6) is 1.15. The van der Waals surface area contributed by atoms with Crippen molar-refractivity contribution in [2.45, 2.75) is 13.5 Å². The van der Waals surface area contributed by atoms with Crippen LogP contribution < -0.4 is 25.0 Å². The average Bonchev–Trinajstić information content (AvgIpc) is 3.48. The number of thiazole rings is 1. The molecule has 0 aliphatic carbocycles. The van der Waals surface area contributed by atoms with Crippen LogP contribution in [0.25, 0.3) is 0 Å². The highest BCUT2D eigenvalue weighted by Crippen LogP contribution is 2.33. The number of carbonyl (C=O) groups excluding carboxylic acids is 2. The number of hydrogen-bond donors (Lipinski definition) is 2. The van der Waals surface area contributed by atoms with Crippen molar-refractivity contribution < 1.29 is 19.1 Å². The predicted molar refractivity (Wildman–Crippen MR) is 159 cm³/mol. The molecule has 0 unspecified atom stereocenters. The summed E-state index contributed by atoms with van der Waals surface area (Å²) in [5, 5.41) is 7.79. The first-order chi connectivity index (χ1) is 19.3. The molecule has 0 saturated carbocycles. The lowest BCUT2D eigenvalue weighted by Crippen LogP contribution is -2.48. The maximum Gasteiger partial charge on any atom is 0.329 e. The van der Waals surface area contributed by atoms with Gasteiger partial charge in [-0.3, -0.25) is 14.6 Å². The number of urea groups is 1. The predicted octanol–water partition coefficient (Wildman–Crippen LogP) is 5.66. The molecule has 40 heavy (non-hydrogen) atoms. The molecular formula is C29H30N6O4S. The highest BCUT2D eigenvalue weighted by molar-refractivity contribution is 7.07. The number of amides is 3. The van der Waals surface area contributed by atoms with Gasteiger partial charge in [0, 0.05) is 41.1 Å². The van der Waals surface area contributed by atoms with Gasteiger partial charge in [0.05, 0.1) is 55.6 Å². The van der Waals surface area contributed by atoms with Gasteiger partial charge in [-0.25, -0.2) is 14.8 Å². The second-order valence-electron chi connectivity index (χ2n) is 8.69. The normalized spacial score (nSPS) is 13.4. The van der Waals surface area contributed by atoms with Crippen LogP contribution in [-0.4, -0.2) is 48.8 Å². The van der Waals surface area contributed by atoms with Crippen molar-refractivity contribution in [3.63, 3.8) is 0 Å². The Bertz CT molecular complexity index is 1460. The number of nitrogens with zero attached hydrogens (tertiary/aromatic N) is 4. The van der Waals surface area contributed by atoms with E-state index in [2.05, 4.69) is 33.8 Å². The van der Waals surface area contributed by atoms with Crippen molar-refractivity contribution in [2.75, 3.05) is 36.3 Å². The van der Waals surface area contributed by atoms with Crippen molar-refractivity contribution in [3.05, 3.63) is 95.4 Å². The fourth-order valence-corrected chi connectivity index (χ4v) is 4.54. The number of allylic oxidation sites excluding steroid dienone is 1. The van der Waals surface area contributed by atoms with Crippen molar-refractivity contribution in [2.24, 2.45) is 4.99 Å². The van der Waals surface area contributed by atoms with Crippen molar-refractivity contribution in [1.82, 2.24) is 9.88 Å². The Morgan fingerprint density at radius 1 is 1.15 bits per heavy atom. The number of rotatable bonds is 11. The summed E-state index contributed by atoms with van der Waals surface area (Å²) in [6.07, 6.45) is 2.88. The number of aromatic nitrogens is 1. The highest BCUT2D eigenvalue weighted by Gasteiger charge is 2.32. The van der Waals surface area contributed by atoms with Gasteiger partial charge in [-0.1, -0.05) is 25.3 Å². The number of para-hydroxylation sites is 2. The largest absolute Gasteiger partial charge is 0.497 e. The van der Waals surface area contributed by atoms with Gasteiger partial charge in [0.15, 0.2) is 0 Å². The minimum atomic E-state index is -0.328. The van der Waals surface area contributed by atoms with Gasteiger partial charge < -0.3 is 20.1 Å². The number of anilines is 3. The van der Waals surface area contributed by atoms with Crippen LogP contribution in [0.15, 0.2) is 94.7 Å². The van der Waals surface area contributed by atoms with E-state index in [4.69, 9.17) is 9.47 Å². The molecule has 2 heterocycles. The molecule has 1 aromatic heterocycles. The molecule has 11 heteroatoms. The van der Waals surface area contributed by atoms with Crippen LogP contribution in [0.4, 0.5) is 21.9 Å². The van der Waals surface area contributed by atoms with E-state index in [1.165, 1.54) is 17.4 Å². The lowest BCUT2D eigenvalue weighted by molar-refractivity contribution is -0.111. The zero-order chi connectivity index (χ0) is 28.6. The molecule has 3 aromatic rings. The molecule has 0 saturated heterocycles. The smallest absolute Gasteiger partial charge is 0.329 e. The number of benzene rings is 2. The third kappa shape index (κ3) is 6.56. The SMILES string of the molecule is C=CC(=O)Nc1ccccc1NC(=C)/N=C\C1=C(C)N(Cc2cscn2)C(=O)N(c2cc(OC)cc(OC)c2)C1. The molecule has 4 rings (SSSR count).